The number of aliphatic carboxylic acids is 1. The van der Waals surface area contributed by atoms with Crippen LogP contribution in [0.3, 0.4) is 0 Å². The third-order valence-corrected chi connectivity index (χ3v) is 5.62. The van der Waals surface area contributed by atoms with Crippen molar-refractivity contribution in [2.75, 3.05) is 21.3 Å². The Hall–Kier alpha value is -2.67. The first-order valence-electron chi connectivity index (χ1n) is 8.70. The van der Waals surface area contributed by atoms with Gasteiger partial charge in [0.1, 0.15) is 0 Å². The second kappa shape index (κ2) is 8.14. The van der Waals surface area contributed by atoms with Crippen LogP contribution in [-0.2, 0) is 18.3 Å². The zero-order valence-corrected chi connectivity index (χ0v) is 17.8. The van der Waals surface area contributed by atoms with Gasteiger partial charge < -0.3 is 23.9 Å². The van der Waals surface area contributed by atoms with Crippen molar-refractivity contribution in [2.24, 2.45) is 7.05 Å². The third-order valence-electron chi connectivity index (χ3n) is 4.78. The zero-order valence-electron chi connectivity index (χ0n) is 16.2. The first-order valence-corrected chi connectivity index (χ1v) is 9.49. The molecule has 1 aromatic heterocycles. The molecule has 0 bridgehead atoms. The first-order chi connectivity index (χ1) is 13.4. The van der Waals surface area contributed by atoms with E-state index >= 15 is 0 Å². The minimum Gasteiger partial charge on any atom is -0.492 e. The van der Waals surface area contributed by atoms with Crippen LogP contribution in [-0.4, -0.2) is 37.0 Å². The summed E-state index contributed by atoms with van der Waals surface area (Å²) in [6.07, 6.45) is 2.30. The smallest absolute Gasteiger partial charge is 0.303 e. The molecule has 0 radical (unpaired) electrons. The number of hydrogen-bond donors (Lipinski definition) is 1. The van der Waals surface area contributed by atoms with E-state index in [0.717, 1.165) is 27.6 Å². The Labute approximate surface area is 171 Å². The highest BCUT2D eigenvalue weighted by Crippen LogP contribution is 2.52. The van der Waals surface area contributed by atoms with Gasteiger partial charge in [-0.3, -0.25) is 4.79 Å². The monoisotopic (exact) mass is 447 g/mol. The molecule has 0 fully saturated rings. The number of carboxylic acid groups (broad SMARTS) is 1. The molecule has 1 N–H and O–H groups in total. The molecule has 28 heavy (non-hydrogen) atoms. The van der Waals surface area contributed by atoms with Crippen LogP contribution < -0.4 is 14.2 Å². The van der Waals surface area contributed by atoms with Crippen LogP contribution in [0.15, 0.2) is 34.9 Å². The van der Waals surface area contributed by atoms with Crippen molar-refractivity contribution in [3.8, 4) is 28.4 Å². The third kappa shape index (κ3) is 3.42. The fourth-order valence-corrected chi connectivity index (χ4v) is 4.21. The SMILES string of the molecule is COc1c(Br)c(CCC(=O)O)c(-c2ccc3c(ccn3C)c2)c(OC)c1OC. The Balaban J connectivity index is 2.34. The Bertz CT molecular complexity index is 1040. The molecule has 148 valence electrons. The molecule has 0 aliphatic rings. The molecule has 1 heterocycles. The summed E-state index contributed by atoms with van der Waals surface area (Å²) in [6, 6.07) is 8.15. The van der Waals surface area contributed by atoms with Crippen LogP contribution in [0.25, 0.3) is 22.0 Å². The summed E-state index contributed by atoms with van der Waals surface area (Å²) in [6.45, 7) is 0. The summed E-state index contributed by atoms with van der Waals surface area (Å²) < 4.78 is 19.5. The number of rotatable bonds is 7. The molecule has 3 rings (SSSR count). The molecule has 7 heteroatoms. The molecular weight excluding hydrogens is 426 g/mol. The zero-order chi connectivity index (χ0) is 20.4. The van der Waals surface area contributed by atoms with Crippen molar-refractivity contribution >= 4 is 32.8 Å². The van der Waals surface area contributed by atoms with Crippen molar-refractivity contribution in [1.29, 1.82) is 0 Å². The van der Waals surface area contributed by atoms with Crippen molar-refractivity contribution in [3.05, 3.63) is 40.5 Å². The summed E-state index contributed by atoms with van der Waals surface area (Å²) in [5.41, 5.74) is 3.61. The van der Waals surface area contributed by atoms with E-state index in [1.54, 1.807) is 21.3 Å². The largest absolute Gasteiger partial charge is 0.492 e. The first kappa shape index (κ1) is 20.1. The Morgan fingerprint density at radius 2 is 1.75 bits per heavy atom. The lowest BCUT2D eigenvalue weighted by Crippen LogP contribution is -2.05. The van der Waals surface area contributed by atoms with E-state index in [9.17, 15) is 9.90 Å². The van der Waals surface area contributed by atoms with Gasteiger partial charge in [-0.25, -0.2) is 0 Å². The maximum Gasteiger partial charge on any atom is 0.303 e. The number of ether oxygens (including phenoxy) is 3. The average Bonchev–Trinajstić information content (AvgIpc) is 3.05. The maximum atomic E-state index is 11.2. The predicted octanol–water partition coefficient (Wildman–Crippen LogP) is 4.65. The molecule has 2 aromatic carbocycles. The van der Waals surface area contributed by atoms with Gasteiger partial charge in [0.05, 0.1) is 25.8 Å². The molecule has 6 nitrogen and oxygen atoms in total. The summed E-state index contributed by atoms with van der Waals surface area (Å²) in [5.74, 6) is 0.576. The van der Waals surface area contributed by atoms with Crippen LogP contribution in [0.1, 0.15) is 12.0 Å². The lowest BCUT2D eigenvalue weighted by Gasteiger charge is -2.22. The molecular formula is C21H22BrNO5. The number of carbonyl (C=O) groups is 1. The lowest BCUT2D eigenvalue weighted by molar-refractivity contribution is -0.136. The molecule has 0 saturated carbocycles. The number of methoxy groups -OCH3 is 3. The number of aryl methyl sites for hydroxylation is 1. The number of benzene rings is 2. The summed E-state index contributed by atoms with van der Waals surface area (Å²) >= 11 is 3.59. The highest BCUT2D eigenvalue weighted by molar-refractivity contribution is 9.10. The molecule has 0 amide bonds. The Morgan fingerprint density at radius 3 is 2.36 bits per heavy atom. The van der Waals surface area contributed by atoms with Crippen molar-refractivity contribution in [1.82, 2.24) is 4.57 Å². The van der Waals surface area contributed by atoms with Crippen molar-refractivity contribution in [2.45, 2.75) is 12.8 Å². The Morgan fingerprint density at radius 1 is 1.07 bits per heavy atom. The summed E-state index contributed by atoms with van der Waals surface area (Å²) in [7, 11) is 6.65. The second-order valence-corrected chi connectivity index (χ2v) is 7.15. The van der Waals surface area contributed by atoms with Gasteiger partial charge in [0.15, 0.2) is 11.5 Å². The van der Waals surface area contributed by atoms with Crippen LogP contribution in [0.2, 0.25) is 0 Å². The van der Waals surface area contributed by atoms with E-state index in [-0.39, 0.29) is 6.42 Å². The fourth-order valence-electron chi connectivity index (χ4n) is 3.47. The summed E-state index contributed by atoms with van der Waals surface area (Å²) in [4.78, 5) is 11.2. The Kier molecular flexibility index (Phi) is 5.84. The lowest BCUT2D eigenvalue weighted by atomic mass is 9.93. The molecule has 0 spiro atoms. The van der Waals surface area contributed by atoms with E-state index < -0.39 is 5.97 Å². The molecule has 0 atom stereocenters. The number of fused-ring (bicyclic) bond motifs is 1. The number of halogens is 1. The van der Waals surface area contributed by atoms with Gasteiger partial charge >= 0.3 is 5.97 Å². The molecule has 0 aliphatic heterocycles. The number of aromatic nitrogens is 1. The average molecular weight is 448 g/mol. The topological polar surface area (TPSA) is 69.9 Å². The molecule has 0 aliphatic carbocycles. The van der Waals surface area contributed by atoms with Crippen molar-refractivity contribution < 1.29 is 24.1 Å². The number of hydrogen-bond acceptors (Lipinski definition) is 4. The van der Waals surface area contributed by atoms with Gasteiger partial charge in [0.2, 0.25) is 5.75 Å². The van der Waals surface area contributed by atoms with Crippen LogP contribution >= 0.6 is 15.9 Å². The standard InChI is InChI=1S/C21H22BrNO5/c1-23-10-9-12-11-13(5-7-15(12)23)17-14(6-8-16(24)25)18(22)20(27-3)21(28-4)19(17)26-2/h5,7,9-11H,6,8H2,1-4H3,(H,24,25). The van der Waals surface area contributed by atoms with Crippen LogP contribution in [0.4, 0.5) is 0 Å². The van der Waals surface area contributed by atoms with Gasteiger partial charge in [-0.15, -0.1) is 0 Å². The van der Waals surface area contributed by atoms with Gasteiger partial charge in [-0.1, -0.05) is 6.07 Å². The van der Waals surface area contributed by atoms with Gasteiger partial charge in [-0.2, -0.15) is 0 Å². The number of carboxylic acids is 1. The minimum atomic E-state index is -0.870. The quantitative estimate of drug-likeness (QED) is 0.570. The van der Waals surface area contributed by atoms with E-state index in [4.69, 9.17) is 14.2 Å². The summed E-state index contributed by atoms with van der Waals surface area (Å²) in [5, 5.41) is 10.3. The van der Waals surface area contributed by atoms with Gasteiger partial charge in [0, 0.05) is 36.1 Å². The van der Waals surface area contributed by atoms with E-state index in [2.05, 4.69) is 22.0 Å². The maximum absolute atomic E-state index is 11.2. The van der Waals surface area contributed by atoms with Crippen molar-refractivity contribution in [3.63, 3.8) is 0 Å². The van der Waals surface area contributed by atoms with E-state index in [0.29, 0.717) is 28.1 Å². The number of nitrogens with zero attached hydrogens (tertiary/aromatic N) is 1. The minimum absolute atomic E-state index is 0.0161. The highest BCUT2D eigenvalue weighted by atomic mass is 79.9. The predicted molar refractivity (Wildman–Crippen MR) is 112 cm³/mol. The van der Waals surface area contributed by atoms with Gasteiger partial charge in [-0.05, 0) is 51.7 Å². The highest BCUT2D eigenvalue weighted by Gasteiger charge is 2.26. The normalized spacial score (nSPS) is 10.9. The van der Waals surface area contributed by atoms with E-state index in [1.807, 2.05) is 36.0 Å². The molecule has 3 aromatic rings. The van der Waals surface area contributed by atoms with Crippen LogP contribution in [0.5, 0.6) is 17.2 Å². The van der Waals surface area contributed by atoms with Crippen LogP contribution in [0, 0.1) is 0 Å². The fraction of sp³-hybridized carbons (Fsp3) is 0.286. The molecule has 0 unspecified atom stereocenters. The molecule has 0 saturated heterocycles. The van der Waals surface area contributed by atoms with Gasteiger partial charge in [0.25, 0.3) is 0 Å². The second-order valence-electron chi connectivity index (χ2n) is 6.36. The van der Waals surface area contributed by atoms with E-state index in [1.165, 1.54) is 0 Å².